The molecule has 0 atom stereocenters. The van der Waals surface area contributed by atoms with Gasteiger partial charge in [-0.05, 0) is 80.9 Å². The molecule has 2 aromatic rings. The Balaban J connectivity index is 1.25. The Kier molecular flexibility index (Phi) is 6.84. The molecule has 0 saturated carbocycles. The van der Waals surface area contributed by atoms with Crippen molar-refractivity contribution < 1.29 is 4.74 Å². The maximum absolute atomic E-state index is 6.36. The smallest absolute Gasteiger partial charge is 0.213 e. The Hall–Kier alpha value is -1.49. The minimum absolute atomic E-state index is 0.672. The molecule has 0 unspecified atom stereocenters. The highest BCUT2D eigenvalue weighted by Gasteiger charge is 2.28. The summed E-state index contributed by atoms with van der Waals surface area (Å²) in [6.07, 6.45) is 7.88. The lowest BCUT2D eigenvalue weighted by Crippen LogP contribution is -2.48. The Morgan fingerprint density at radius 1 is 1.00 bits per heavy atom. The van der Waals surface area contributed by atoms with Crippen LogP contribution in [0.1, 0.15) is 31.2 Å². The third kappa shape index (κ3) is 5.17. The first kappa shape index (κ1) is 20.8. The van der Waals surface area contributed by atoms with Gasteiger partial charge in [0, 0.05) is 35.2 Å². The van der Waals surface area contributed by atoms with Crippen molar-refractivity contribution in [3.05, 3.63) is 52.1 Å². The van der Waals surface area contributed by atoms with Crippen LogP contribution in [0.25, 0.3) is 0 Å². The fourth-order valence-corrected chi connectivity index (χ4v) is 5.09. The Morgan fingerprint density at radius 2 is 1.76 bits per heavy atom. The molecule has 2 aliphatic rings. The number of benzene rings is 1. The van der Waals surface area contributed by atoms with Crippen molar-refractivity contribution in [1.82, 2.24) is 9.88 Å². The molecule has 0 N–H and O–H groups in total. The fourth-order valence-electron chi connectivity index (χ4n) is 4.70. The molecule has 0 spiro atoms. The molecule has 0 aliphatic carbocycles. The number of hydrogen-bond donors (Lipinski definition) is 0. The summed E-state index contributed by atoms with van der Waals surface area (Å²) in [5.74, 6) is 1.37. The van der Waals surface area contributed by atoms with Crippen molar-refractivity contribution in [2.75, 3.05) is 38.2 Å². The van der Waals surface area contributed by atoms with Crippen molar-refractivity contribution >= 4 is 28.9 Å². The molecule has 0 amide bonds. The van der Waals surface area contributed by atoms with Crippen LogP contribution in [0.5, 0.6) is 5.88 Å². The third-order valence-electron chi connectivity index (χ3n) is 6.44. The Labute approximate surface area is 183 Å². The SMILES string of the molecule is COc1ccc(N2CCC(N3CCC(Cc4cc(Cl)ccc4Cl)CC3)CC2)cn1. The molecule has 2 aliphatic heterocycles. The Morgan fingerprint density at radius 3 is 2.41 bits per heavy atom. The van der Waals surface area contributed by atoms with Gasteiger partial charge in [-0.1, -0.05) is 23.2 Å². The number of nitrogens with zero attached hydrogens (tertiary/aromatic N) is 3. The van der Waals surface area contributed by atoms with Crippen LogP contribution >= 0.6 is 23.2 Å². The molecular weight excluding hydrogens is 405 g/mol. The van der Waals surface area contributed by atoms with Gasteiger partial charge < -0.3 is 14.5 Å². The van der Waals surface area contributed by atoms with Crippen molar-refractivity contribution in [1.29, 1.82) is 0 Å². The molecule has 156 valence electrons. The van der Waals surface area contributed by atoms with E-state index in [0.717, 1.165) is 29.6 Å². The number of aromatic nitrogens is 1. The van der Waals surface area contributed by atoms with Crippen LogP contribution in [0.15, 0.2) is 36.5 Å². The summed E-state index contributed by atoms with van der Waals surface area (Å²) >= 11 is 12.5. The topological polar surface area (TPSA) is 28.6 Å². The van der Waals surface area contributed by atoms with E-state index < -0.39 is 0 Å². The van der Waals surface area contributed by atoms with Gasteiger partial charge in [0.1, 0.15) is 0 Å². The molecule has 4 nitrogen and oxygen atoms in total. The summed E-state index contributed by atoms with van der Waals surface area (Å²) < 4.78 is 5.16. The van der Waals surface area contributed by atoms with Crippen molar-refractivity contribution in [2.45, 2.75) is 38.1 Å². The van der Waals surface area contributed by atoms with Crippen LogP contribution in [0, 0.1) is 5.92 Å². The molecule has 2 fully saturated rings. The second-order valence-corrected chi connectivity index (χ2v) is 9.04. The fraction of sp³-hybridized carbons (Fsp3) is 0.522. The molecule has 0 bridgehead atoms. The lowest BCUT2D eigenvalue weighted by atomic mass is 9.88. The standard InChI is InChI=1S/C23H29Cl2N3O/c1-29-23-5-3-21(16-26-23)28-12-8-20(9-13-28)27-10-6-17(7-11-27)14-18-15-19(24)2-4-22(18)25/h2-5,15-17,20H,6-14H2,1H3. The number of methoxy groups -OCH3 is 1. The zero-order valence-corrected chi connectivity index (χ0v) is 18.5. The van der Waals surface area contributed by atoms with Crippen LogP contribution in [0.2, 0.25) is 10.0 Å². The molecular formula is C23H29Cl2N3O. The van der Waals surface area contributed by atoms with Gasteiger partial charge in [-0.15, -0.1) is 0 Å². The maximum Gasteiger partial charge on any atom is 0.213 e. The number of hydrogen-bond acceptors (Lipinski definition) is 4. The predicted octanol–water partition coefficient (Wildman–Crippen LogP) is 5.32. The molecule has 4 rings (SSSR count). The van der Waals surface area contributed by atoms with Gasteiger partial charge in [0.25, 0.3) is 0 Å². The normalized spacial score (nSPS) is 19.5. The highest BCUT2D eigenvalue weighted by Crippen LogP contribution is 2.30. The van der Waals surface area contributed by atoms with Crippen LogP contribution in [-0.4, -0.2) is 49.2 Å². The maximum atomic E-state index is 6.36. The van der Waals surface area contributed by atoms with Gasteiger partial charge in [0.15, 0.2) is 0 Å². The van der Waals surface area contributed by atoms with E-state index in [2.05, 4.69) is 20.9 Å². The molecule has 1 aromatic carbocycles. The highest BCUT2D eigenvalue weighted by molar-refractivity contribution is 6.33. The first-order valence-electron chi connectivity index (χ1n) is 10.6. The van der Waals surface area contributed by atoms with E-state index in [-0.39, 0.29) is 0 Å². The average Bonchev–Trinajstić information content (AvgIpc) is 2.77. The molecule has 0 radical (unpaired) electrons. The van der Waals surface area contributed by atoms with E-state index in [1.54, 1.807) is 7.11 Å². The molecule has 1 aromatic heterocycles. The monoisotopic (exact) mass is 433 g/mol. The zero-order chi connectivity index (χ0) is 20.2. The summed E-state index contributed by atoms with van der Waals surface area (Å²) in [6, 6.07) is 10.6. The molecule has 2 saturated heterocycles. The van der Waals surface area contributed by atoms with Gasteiger partial charge in [-0.3, -0.25) is 0 Å². The first-order chi connectivity index (χ1) is 14.1. The highest BCUT2D eigenvalue weighted by atomic mass is 35.5. The summed E-state index contributed by atoms with van der Waals surface area (Å²) in [6.45, 7) is 4.57. The third-order valence-corrected chi connectivity index (χ3v) is 7.05. The molecule has 29 heavy (non-hydrogen) atoms. The average molecular weight is 434 g/mol. The van der Waals surface area contributed by atoms with E-state index in [0.29, 0.717) is 17.8 Å². The van der Waals surface area contributed by atoms with E-state index in [9.17, 15) is 0 Å². The van der Waals surface area contributed by atoms with E-state index >= 15 is 0 Å². The van der Waals surface area contributed by atoms with Crippen molar-refractivity contribution in [3.63, 3.8) is 0 Å². The lowest BCUT2D eigenvalue weighted by Gasteiger charge is -2.42. The predicted molar refractivity (Wildman–Crippen MR) is 120 cm³/mol. The van der Waals surface area contributed by atoms with Gasteiger partial charge >= 0.3 is 0 Å². The number of halogens is 2. The zero-order valence-electron chi connectivity index (χ0n) is 17.0. The number of ether oxygens (including phenoxy) is 1. The molecule has 6 heteroatoms. The van der Waals surface area contributed by atoms with Crippen molar-refractivity contribution in [2.24, 2.45) is 5.92 Å². The Bertz CT molecular complexity index is 798. The van der Waals surface area contributed by atoms with E-state index in [4.69, 9.17) is 27.9 Å². The van der Waals surface area contributed by atoms with Gasteiger partial charge in [-0.2, -0.15) is 0 Å². The summed E-state index contributed by atoms with van der Waals surface area (Å²) in [4.78, 5) is 9.49. The number of rotatable bonds is 5. The van der Waals surface area contributed by atoms with Crippen LogP contribution in [0.3, 0.4) is 0 Å². The number of piperidine rings is 2. The quantitative estimate of drug-likeness (QED) is 0.637. The minimum Gasteiger partial charge on any atom is -0.481 e. The summed E-state index contributed by atoms with van der Waals surface area (Å²) in [5, 5.41) is 1.62. The van der Waals surface area contributed by atoms with Gasteiger partial charge in [-0.25, -0.2) is 4.98 Å². The van der Waals surface area contributed by atoms with Gasteiger partial charge in [0.2, 0.25) is 5.88 Å². The summed E-state index contributed by atoms with van der Waals surface area (Å²) in [5.41, 5.74) is 2.39. The first-order valence-corrected chi connectivity index (χ1v) is 11.3. The molecule has 3 heterocycles. The lowest BCUT2D eigenvalue weighted by molar-refractivity contribution is 0.115. The number of anilines is 1. The number of likely N-dealkylation sites (tertiary alicyclic amines) is 1. The van der Waals surface area contributed by atoms with Crippen LogP contribution < -0.4 is 9.64 Å². The largest absolute Gasteiger partial charge is 0.481 e. The second kappa shape index (κ2) is 9.55. The second-order valence-electron chi connectivity index (χ2n) is 8.20. The summed E-state index contributed by atoms with van der Waals surface area (Å²) in [7, 11) is 1.65. The van der Waals surface area contributed by atoms with E-state index in [1.165, 1.54) is 50.0 Å². The van der Waals surface area contributed by atoms with E-state index in [1.807, 2.05) is 30.5 Å². The van der Waals surface area contributed by atoms with Crippen LogP contribution in [-0.2, 0) is 6.42 Å². The van der Waals surface area contributed by atoms with Crippen LogP contribution in [0.4, 0.5) is 5.69 Å². The van der Waals surface area contributed by atoms with Crippen molar-refractivity contribution in [3.8, 4) is 5.88 Å². The van der Waals surface area contributed by atoms with Gasteiger partial charge in [0.05, 0.1) is 19.0 Å². The minimum atomic E-state index is 0.672. The number of pyridine rings is 1.